The van der Waals surface area contributed by atoms with Crippen LogP contribution in [0.3, 0.4) is 0 Å². The van der Waals surface area contributed by atoms with Crippen molar-refractivity contribution in [1.82, 2.24) is 24.0 Å². The maximum Gasteiger partial charge on any atom is 0.263 e. The highest BCUT2D eigenvalue weighted by Gasteiger charge is 2.30. The Kier molecular flexibility index (Phi) is 7.91. The Bertz CT molecular complexity index is 1970. The summed E-state index contributed by atoms with van der Waals surface area (Å²) >= 11 is 12.2. The van der Waals surface area contributed by atoms with Gasteiger partial charge in [0, 0.05) is 62.5 Å². The molecule has 0 atom stereocenters. The van der Waals surface area contributed by atoms with E-state index in [9.17, 15) is 23.9 Å². The van der Waals surface area contributed by atoms with Gasteiger partial charge >= 0.3 is 0 Å². The van der Waals surface area contributed by atoms with Gasteiger partial charge in [-0.3, -0.25) is 23.9 Å². The molecule has 12 nitrogen and oxygen atoms in total. The van der Waals surface area contributed by atoms with Crippen molar-refractivity contribution in [3.8, 4) is 16.9 Å². The van der Waals surface area contributed by atoms with Crippen LogP contribution in [0, 0.1) is 11.8 Å². The zero-order valence-electron chi connectivity index (χ0n) is 24.2. The molecule has 0 spiro atoms. The van der Waals surface area contributed by atoms with E-state index in [0.717, 1.165) is 19.2 Å². The number of rotatable bonds is 7. The van der Waals surface area contributed by atoms with Gasteiger partial charge in [0.05, 0.1) is 35.9 Å². The number of hydrogen-bond acceptors (Lipinski definition) is 9. The fourth-order valence-electron chi connectivity index (χ4n) is 6.21. The Morgan fingerprint density at radius 3 is 2.54 bits per heavy atom. The van der Waals surface area contributed by atoms with E-state index in [0.29, 0.717) is 69.7 Å². The molecule has 2 fully saturated rings. The quantitative estimate of drug-likeness (QED) is 0.223. The van der Waals surface area contributed by atoms with Crippen LogP contribution in [0.4, 0.5) is 20.3 Å². The minimum Gasteiger partial charge on any atom is -0.506 e. The molecule has 7 rings (SSSR count). The summed E-state index contributed by atoms with van der Waals surface area (Å²) in [5.41, 5.74) is -0.786. The molecule has 4 aromatic rings. The number of aromatic hydroxyl groups is 1. The SMILES string of the molecule is O=Cc1cc(-c2cn(CC(=O)Nc3cc(N4CCN(C5COC5)CC4)nc(F)c3Cl)c3nc4n(c(=O)c23)CCC4)c(F)c(Cl)c1O. The molecule has 46 heavy (non-hydrogen) atoms. The number of aryl methyl sites for hydroxylation is 1. The molecule has 0 saturated carbocycles. The minimum absolute atomic E-state index is 0.0128. The molecule has 2 N–H and O–H groups in total. The molecule has 0 bridgehead atoms. The fourth-order valence-corrected chi connectivity index (χ4v) is 6.56. The predicted octanol–water partition coefficient (Wildman–Crippen LogP) is 3.47. The summed E-state index contributed by atoms with van der Waals surface area (Å²) < 4.78 is 38.4. The lowest BCUT2D eigenvalue weighted by Crippen LogP contribution is -2.56. The molecule has 2 saturated heterocycles. The number of amides is 1. The molecule has 0 aliphatic carbocycles. The number of aldehydes is 1. The predicted molar refractivity (Wildman–Crippen MR) is 166 cm³/mol. The number of benzene rings is 1. The highest BCUT2D eigenvalue weighted by Crippen LogP contribution is 2.39. The van der Waals surface area contributed by atoms with Crippen LogP contribution in [0.15, 0.2) is 23.1 Å². The number of piperazine rings is 1. The van der Waals surface area contributed by atoms with Gasteiger partial charge < -0.3 is 24.6 Å². The van der Waals surface area contributed by atoms with E-state index in [1.807, 2.05) is 4.90 Å². The van der Waals surface area contributed by atoms with Gasteiger partial charge in [-0.25, -0.2) is 14.4 Å². The third-order valence-electron chi connectivity index (χ3n) is 8.73. The first-order chi connectivity index (χ1) is 22.1. The zero-order chi connectivity index (χ0) is 32.3. The number of carbonyl (C=O) groups is 2. The summed E-state index contributed by atoms with van der Waals surface area (Å²) in [5.74, 6) is -2.51. The minimum atomic E-state index is -1.05. The van der Waals surface area contributed by atoms with Crippen LogP contribution in [0.5, 0.6) is 5.75 Å². The van der Waals surface area contributed by atoms with E-state index in [2.05, 4.69) is 20.2 Å². The van der Waals surface area contributed by atoms with E-state index >= 15 is 4.39 Å². The molecule has 1 amide bonds. The summed E-state index contributed by atoms with van der Waals surface area (Å²) in [7, 11) is 0. The second-order valence-corrected chi connectivity index (χ2v) is 12.2. The van der Waals surface area contributed by atoms with Crippen molar-refractivity contribution in [3.63, 3.8) is 0 Å². The van der Waals surface area contributed by atoms with E-state index in [-0.39, 0.29) is 38.4 Å². The number of pyridine rings is 1. The van der Waals surface area contributed by atoms with Gasteiger partial charge in [0.25, 0.3) is 5.56 Å². The highest BCUT2D eigenvalue weighted by atomic mass is 35.5. The van der Waals surface area contributed by atoms with Crippen molar-refractivity contribution < 1.29 is 28.2 Å². The van der Waals surface area contributed by atoms with Gasteiger partial charge in [0.2, 0.25) is 11.9 Å². The van der Waals surface area contributed by atoms with Crippen molar-refractivity contribution in [2.75, 3.05) is 49.6 Å². The van der Waals surface area contributed by atoms with Gasteiger partial charge in [-0.15, -0.1) is 0 Å². The van der Waals surface area contributed by atoms with Crippen LogP contribution in [0.25, 0.3) is 22.2 Å². The van der Waals surface area contributed by atoms with Gasteiger partial charge in [-0.1, -0.05) is 23.2 Å². The largest absolute Gasteiger partial charge is 0.506 e. The Morgan fingerprint density at radius 1 is 1.09 bits per heavy atom. The van der Waals surface area contributed by atoms with Crippen molar-refractivity contribution in [1.29, 1.82) is 0 Å². The topological polar surface area (TPSA) is 135 Å². The third-order valence-corrected chi connectivity index (χ3v) is 9.44. The molecule has 6 heterocycles. The second kappa shape index (κ2) is 11.9. The van der Waals surface area contributed by atoms with Gasteiger partial charge in [-0.2, -0.15) is 4.39 Å². The average molecular weight is 674 g/mol. The summed E-state index contributed by atoms with van der Waals surface area (Å²) in [5, 5.41) is 11.7. The van der Waals surface area contributed by atoms with Crippen LogP contribution in [-0.4, -0.2) is 86.7 Å². The number of nitrogens with one attached hydrogen (secondary N) is 1. The third kappa shape index (κ3) is 5.18. The monoisotopic (exact) mass is 673 g/mol. The number of ether oxygens (including phenoxy) is 1. The van der Waals surface area contributed by atoms with Crippen molar-refractivity contribution in [2.24, 2.45) is 0 Å². The Labute approximate surface area is 270 Å². The number of carbonyl (C=O) groups excluding carboxylic acids is 2. The van der Waals surface area contributed by atoms with Gasteiger partial charge in [-0.05, 0) is 12.5 Å². The molecule has 0 unspecified atom stereocenters. The van der Waals surface area contributed by atoms with E-state index in [1.54, 1.807) is 0 Å². The first-order valence-electron chi connectivity index (χ1n) is 14.7. The lowest BCUT2D eigenvalue weighted by Gasteiger charge is -2.42. The Balaban J connectivity index is 1.21. The average Bonchev–Trinajstić information content (AvgIpc) is 3.63. The highest BCUT2D eigenvalue weighted by molar-refractivity contribution is 6.34. The number of halogens is 4. The lowest BCUT2D eigenvalue weighted by atomic mass is 10.0. The Hall–Kier alpha value is -4.11. The lowest BCUT2D eigenvalue weighted by molar-refractivity contribution is -0.116. The number of nitrogens with zero attached hydrogens (tertiary/aromatic N) is 6. The van der Waals surface area contributed by atoms with Crippen LogP contribution in [0.1, 0.15) is 22.6 Å². The normalized spacial score (nSPS) is 16.9. The molecule has 16 heteroatoms. The summed E-state index contributed by atoms with van der Waals surface area (Å²) in [6, 6.07) is 2.98. The van der Waals surface area contributed by atoms with Crippen molar-refractivity contribution >= 4 is 57.9 Å². The van der Waals surface area contributed by atoms with Gasteiger partial charge in [0.1, 0.15) is 39.6 Å². The Morgan fingerprint density at radius 2 is 1.85 bits per heavy atom. The number of aromatic nitrogens is 4. The maximum absolute atomic E-state index is 15.4. The van der Waals surface area contributed by atoms with Crippen LogP contribution < -0.4 is 15.8 Å². The molecule has 3 aliphatic heterocycles. The number of anilines is 2. The van der Waals surface area contributed by atoms with Crippen LogP contribution in [-0.2, 0) is 29.0 Å². The number of hydrogen-bond donors (Lipinski definition) is 2. The summed E-state index contributed by atoms with van der Waals surface area (Å²) in [4.78, 5) is 51.5. The summed E-state index contributed by atoms with van der Waals surface area (Å²) in [6.07, 6.45) is 2.89. The van der Waals surface area contributed by atoms with E-state index < -0.39 is 40.5 Å². The van der Waals surface area contributed by atoms with Crippen molar-refractivity contribution in [2.45, 2.75) is 32.0 Å². The summed E-state index contributed by atoms with van der Waals surface area (Å²) in [6.45, 7) is 4.12. The maximum atomic E-state index is 15.4. The van der Waals surface area contributed by atoms with Crippen LogP contribution in [0.2, 0.25) is 10.0 Å². The molecule has 1 aromatic carbocycles. The first-order valence-corrected chi connectivity index (χ1v) is 15.4. The van der Waals surface area contributed by atoms with Crippen molar-refractivity contribution in [3.05, 3.63) is 61.9 Å². The molecule has 0 radical (unpaired) electrons. The van der Waals surface area contributed by atoms with E-state index in [1.165, 1.54) is 21.4 Å². The number of fused-ring (bicyclic) bond motifs is 2. The smallest absolute Gasteiger partial charge is 0.263 e. The zero-order valence-corrected chi connectivity index (χ0v) is 25.7. The second-order valence-electron chi connectivity index (χ2n) is 11.5. The van der Waals surface area contributed by atoms with Crippen LogP contribution >= 0.6 is 23.2 Å². The molecule has 3 aromatic heterocycles. The molecular weight excluding hydrogens is 647 g/mol. The van der Waals surface area contributed by atoms with Gasteiger partial charge in [0.15, 0.2) is 12.1 Å². The number of phenols is 1. The first kappa shape index (κ1) is 30.5. The molecule has 240 valence electrons. The standard InChI is InChI=1S/C30H27Cl2F2N7O5/c31-24-19(9-21(36-28(24)34)39-6-4-38(5-7-39)16-13-46-14-16)35-22(43)11-40-10-18(17-8-15(12-42)27(44)25(32)26(17)33)23-29(40)37-20-2-1-3-41(20)30(23)45/h8-10,12,16,44H,1-7,11,13-14H2,(H,35,36,43). The van der Waals surface area contributed by atoms with E-state index in [4.69, 9.17) is 27.9 Å². The molecular formula is C30H27Cl2F2N7O5. The number of phenolic OH excluding ortho intramolecular Hbond substituents is 1. The molecule has 3 aliphatic rings. The fraction of sp³-hybridized carbons (Fsp3) is 0.367.